The molecule has 9 heteroatoms. The summed E-state index contributed by atoms with van der Waals surface area (Å²) in [6, 6.07) is 7.17. The smallest absolute Gasteiger partial charge is 0.267 e. The summed E-state index contributed by atoms with van der Waals surface area (Å²) in [4.78, 5) is 26.8. The molecule has 1 aromatic heterocycles. The molecule has 146 valence electrons. The van der Waals surface area contributed by atoms with Gasteiger partial charge < -0.3 is 19.9 Å². The first-order valence-corrected chi connectivity index (χ1v) is 9.68. The summed E-state index contributed by atoms with van der Waals surface area (Å²) in [5.74, 6) is -0.540. The normalized spacial score (nSPS) is 16.6. The van der Waals surface area contributed by atoms with Gasteiger partial charge in [-0.2, -0.15) is 0 Å². The zero-order chi connectivity index (χ0) is 20.3. The second-order valence-corrected chi connectivity index (χ2v) is 7.78. The molecule has 0 saturated carbocycles. The topological polar surface area (TPSA) is 103 Å². The van der Waals surface area contributed by atoms with Crippen LogP contribution in [-0.2, 0) is 16.0 Å². The molecule has 7 nitrogen and oxygen atoms in total. The van der Waals surface area contributed by atoms with Crippen molar-refractivity contribution in [3.8, 4) is 11.5 Å². The SMILES string of the molecule is C[C@@H](C(=O)NCCc1ccc(O)c(O)c1)N1C(=O)/C(=C/c2ccco2)SC1=S. The molecule has 1 aliphatic heterocycles. The number of phenolic OH excluding ortho intramolecular Hbond substituents is 2. The third kappa shape index (κ3) is 4.37. The number of benzene rings is 1. The van der Waals surface area contributed by atoms with Gasteiger partial charge in [0.2, 0.25) is 5.91 Å². The maximum absolute atomic E-state index is 12.6. The van der Waals surface area contributed by atoms with Gasteiger partial charge in [0.25, 0.3) is 5.91 Å². The highest BCUT2D eigenvalue weighted by molar-refractivity contribution is 8.26. The molecule has 28 heavy (non-hydrogen) atoms. The van der Waals surface area contributed by atoms with Crippen LogP contribution in [0.2, 0.25) is 0 Å². The number of carbonyl (C=O) groups excluding carboxylic acids is 2. The average Bonchev–Trinajstić information content (AvgIpc) is 3.26. The van der Waals surface area contributed by atoms with Gasteiger partial charge in [0, 0.05) is 12.6 Å². The van der Waals surface area contributed by atoms with E-state index in [1.54, 1.807) is 31.2 Å². The van der Waals surface area contributed by atoms with Crippen LogP contribution in [0, 0.1) is 0 Å². The Morgan fingerprint density at radius 1 is 1.36 bits per heavy atom. The molecule has 1 atom stereocenters. The Morgan fingerprint density at radius 3 is 2.82 bits per heavy atom. The number of phenols is 2. The van der Waals surface area contributed by atoms with Crippen molar-refractivity contribution < 1.29 is 24.2 Å². The lowest BCUT2D eigenvalue weighted by molar-refractivity contribution is -0.132. The summed E-state index contributed by atoms with van der Waals surface area (Å²) in [6.45, 7) is 1.92. The summed E-state index contributed by atoms with van der Waals surface area (Å²) in [7, 11) is 0. The fraction of sp³-hybridized carbons (Fsp3) is 0.211. The average molecular weight is 418 g/mol. The number of thiocarbonyl (C=S) groups is 1. The molecule has 2 aromatic rings. The van der Waals surface area contributed by atoms with Crippen LogP contribution in [-0.4, -0.2) is 43.8 Å². The number of thioether (sulfide) groups is 1. The predicted molar refractivity (Wildman–Crippen MR) is 110 cm³/mol. The highest BCUT2D eigenvalue weighted by Crippen LogP contribution is 2.34. The molecule has 2 amide bonds. The van der Waals surface area contributed by atoms with Crippen molar-refractivity contribution in [3.63, 3.8) is 0 Å². The zero-order valence-corrected chi connectivity index (χ0v) is 16.5. The van der Waals surface area contributed by atoms with Gasteiger partial charge in [0.15, 0.2) is 11.5 Å². The Labute approximate surface area is 171 Å². The third-order valence-corrected chi connectivity index (χ3v) is 5.49. The standard InChI is InChI=1S/C19H18N2O5S2/c1-11(17(24)20-7-6-12-4-5-14(22)15(23)9-12)21-18(25)16(28-19(21)27)10-13-3-2-8-26-13/h2-5,8-11,22-23H,6-7H2,1H3,(H,20,24)/b16-10-/t11-/m0/s1. The molecule has 1 saturated heterocycles. The van der Waals surface area contributed by atoms with Crippen LogP contribution in [0.4, 0.5) is 0 Å². The number of hydrogen-bond donors (Lipinski definition) is 3. The van der Waals surface area contributed by atoms with Crippen molar-refractivity contribution in [1.82, 2.24) is 10.2 Å². The van der Waals surface area contributed by atoms with Gasteiger partial charge in [0.1, 0.15) is 16.1 Å². The predicted octanol–water partition coefficient (Wildman–Crippen LogP) is 2.64. The molecule has 0 radical (unpaired) electrons. The zero-order valence-electron chi connectivity index (χ0n) is 14.9. The first-order chi connectivity index (χ1) is 13.4. The van der Waals surface area contributed by atoms with Crippen molar-refractivity contribution >= 4 is 46.2 Å². The van der Waals surface area contributed by atoms with Crippen LogP contribution in [0.15, 0.2) is 45.9 Å². The Hall–Kier alpha value is -2.78. The minimum Gasteiger partial charge on any atom is -0.504 e. The number of aromatic hydroxyl groups is 2. The van der Waals surface area contributed by atoms with Crippen LogP contribution in [0.5, 0.6) is 11.5 Å². The van der Waals surface area contributed by atoms with Crippen LogP contribution in [0.25, 0.3) is 6.08 Å². The Morgan fingerprint density at radius 2 is 2.14 bits per heavy atom. The van der Waals surface area contributed by atoms with E-state index in [9.17, 15) is 19.8 Å². The van der Waals surface area contributed by atoms with Gasteiger partial charge in [-0.05, 0) is 43.2 Å². The van der Waals surface area contributed by atoms with E-state index >= 15 is 0 Å². The van der Waals surface area contributed by atoms with E-state index in [1.165, 1.54) is 23.3 Å². The lowest BCUT2D eigenvalue weighted by atomic mass is 10.1. The Bertz CT molecular complexity index is 940. The number of rotatable bonds is 6. The lowest BCUT2D eigenvalue weighted by Gasteiger charge is -2.22. The number of furan rings is 1. The van der Waals surface area contributed by atoms with Crippen LogP contribution in [0.3, 0.4) is 0 Å². The van der Waals surface area contributed by atoms with Gasteiger partial charge >= 0.3 is 0 Å². The van der Waals surface area contributed by atoms with Gasteiger partial charge in [-0.15, -0.1) is 0 Å². The summed E-state index contributed by atoms with van der Waals surface area (Å²) in [5, 5.41) is 21.6. The first kappa shape index (κ1) is 20.0. The molecule has 0 aliphatic carbocycles. The molecule has 1 aliphatic rings. The van der Waals surface area contributed by atoms with E-state index in [-0.39, 0.29) is 23.3 Å². The number of nitrogens with zero attached hydrogens (tertiary/aromatic N) is 1. The molecule has 0 bridgehead atoms. The highest BCUT2D eigenvalue weighted by Gasteiger charge is 2.38. The number of amides is 2. The lowest BCUT2D eigenvalue weighted by Crippen LogP contribution is -2.47. The molecule has 2 heterocycles. The molecular formula is C19H18N2O5S2. The monoisotopic (exact) mass is 418 g/mol. The summed E-state index contributed by atoms with van der Waals surface area (Å²) in [6.07, 6.45) is 3.57. The van der Waals surface area contributed by atoms with Crippen molar-refractivity contribution in [2.75, 3.05) is 6.54 Å². The van der Waals surface area contributed by atoms with Crippen LogP contribution in [0.1, 0.15) is 18.2 Å². The quantitative estimate of drug-likeness (QED) is 0.376. The maximum Gasteiger partial charge on any atom is 0.267 e. The minimum absolute atomic E-state index is 0.196. The van der Waals surface area contributed by atoms with Gasteiger partial charge in [0.05, 0.1) is 11.2 Å². The summed E-state index contributed by atoms with van der Waals surface area (Å²) in [5.41, 5.74) is 0.759. The van der Waals surface area contributed by atoms with E-state index in [2.05, 4.69) is 5.32 Å². The van der Waals surface area contributed by atoms with E-state index < -0.39 is 6.04 Å². The molecule has 0 spiro atoms. The van der Waals surface area contributed by atoms with Crippen molar-refractivity contribution in [1.29, 1.82) is 0 Å². The van der Waals surface area contributed by atoms with Crippen molar-refractivity contribution in [2.45, 2.75) is 19.4 Å². The van der Waals surface area contributed by atoms with Gasteiger partial charge in [-0.3, -0.25) is 14.5 Å². The van der Waals surface area contributed by atoms with E-state index in [0.717, 1.165) is 17.3 Å². The second-order valence-electron chi connectivity index (χ2n) is 6.11. The third-order valence-electron chi connectivity index (χ3n) is 4.16. The fourth-order valence-corrected chi connectivity index (χ4v) is 4.03. The van der Waals surface area contributed by atoms with Crippen LogP contribution < -0.4 is 5.32 Å². The first-order valence-electron chi connectivity index (χ1n) is 8.46. The highest BCUT2D eigenvalue weighted by atomic mass is 32.2. The van der Waals surface area contributed by atoms with E-state index in [0.29, 0.717) is 28.0 Å². The molecule has 1 fully saturated rings. The molecule has 0 unspecified atom stereocenters. The molecule has 3 N–H and O–H groups in total. The minimum atomic E-state index is -0.761. The summed E-state index contributed by atoms with van der Waals surface area (Å²) >= 11 is 6.39. The molecule has 3 rings (SSSR count). The second kappa shape index (κ2) is 8.49. The van der Waals surface area contributed by atoms with Crippen molar-refractivity contribution in [3.05, 3.63) is 52.8 Å². The van der Waals surface area contributed by atoms with Gasteiger partial charge in [-0.25, -0.2) is 0 Å². The molecule has 1 aromatic carbocycles. The maximum atomic E-state index is 12.6. The van der Waals surface area contributed by atoms with E-state index in [4.69, 9.17) is 16.6 Å². The number of carbonyl (C=O) groups is 2. The molecular weight excluding hydrogens is 400 g/mol. The Kier molecular flexibility index (Phi) is 6.05. The number of hydrogen-bond acceptors (Lipinski definition) is 7. The number of nitrogens with one attached hydrogen (secondary N) is 1. The van der Waals surface area contributed by atoms with E-state index in [1.807, 2.05) is 0 Å². The Balaban J connectivity index is 1.58. The van der Waals surface area contributed by atoms with Crippen molar-refractivity contribution in [2.24, 2.45) is 0 Å². The summed E-state index contributed by atoms with van der Waals surface area (Å²) < 4.78 is 5.53. The van der Waals surface area contributed by atoms with Gasteiger partial charge in [-0.1, -0.05) is 30.0 Å². The fourth-order valence-electron chi connectivity index (χ4n) is 2.64. The largest absolute Gasteiger partial charge is 0.504 e. The van der Waals surface area contributed by atoms with Crippen LogP contribution >= 0.6 is 24.0 Å².